The van der Waals surface area contributed by atoms with Crippen molar-refractivity contribution >= 4 is 28.9 Å². The van der Waals surface area contributed by atoms with Crippen molar-refractivity contribution in [3.8, 4) is 0 Å². The number of methoxy groups -OCH3 is 1. The number of nitro benzene ring substituents is 1. The molecule has 2 unspecified atom stereocenters. The fourth-order valence-electron chi connectivity index (χ4n) is 4.39. The van der Waals surface area contributed by atoms with Crippen molar-refractivity contribution in [2.45, 2.75) is 51.2 Å². The molecule has 0 radical (unpaired) electrons. The molecular weight excluding hydrogens is 358 g/mol. The smallest absolute Gasteiger partial charge is 0.339 e. The van der Waals surface area contributed by atoms with Gasteiger partial charge < -0.3 is 9.64 Å². The number of carbonyl (C=O) groups excluding carboxylic acids is 1. The maximum absolute atomic E-state index is 11.8. The van der Waals surface area contributed by atoms with Gasteiger partial charge in [-0.3, -0.25) is 15.0 Å². The van der Waals surface area contributed by atoms with Crippen LogP contribution in [0.15, 0.2) is 12.1 Å². The molecule has 0 aliphatic carbocycles. The molecule has 0 saturated carbocycles. The molecule has 0 N–H and O–H groups in total. The van der Waals surface area contributed by atoms with Crippen molar-refractivity contribution in [2.24, 2.45) is 0 Å². The molecule has 8 heteroatoms. The molecule has 1 aromatic carbocycles. The predicted octanol–water partition coefficient (Wildman–Crippen LogP) is 3.49. The van der Waals surface area contributed by atoms with E-state index < -0.39 is 10.9 Å². The summed E-state index contributed by atoms with van der Waals surface area (Å²) in [6.07, 6.45) is 3.24. The van der Waals surface area contributed by atoms with Crippen LogP contribution in [0.25, 0.3) is 0 Å². The molecule has 7 nitrogen and oxygen atoms in total. The third-order valence-electron chi connectivity index (χ3n) is 5.44. The number of halogens is 1. The molecule has 142 valence electrons. The van der Waals surface area contributed by atoms with Crippen LogP contribution in [0.5, 0.6) is 0 Å². The molecule has 0 amide bonds. The molecule has 0 spiro atoms. The van der Waals surface area contributed by atoms with E-state index >= 15 is 0 Å². The first kappa shape index (κ1) is 18.9. The first-order valence-electron chi connectivity index (χ1n) is 8.92. The largest absolute Gasteiger partial charge is 0.465 e. The number of rotatable bonds is 4. The highest BCUT2D eigenvalue weighted by atomic mass is 35.5. The van der Waals surface area contributed by atoms with E-state index in [1.807, 2.05) is 4.90 Å². The van der Waals surface area contributed by atoms with E-state index in [1.165, 1.54) is 25.7 Å². The third kappa shape index (κ3) is 3.38. The van der Waals surface area contributed by atoms with Gasteiger partial charge in [0.2, 0.25) is 0 Å². The fourth-order valence-corrected chi connectivity index (χ4v) is 4.62. The minimum Gasteiger partial charge on any atom is -0.465 e. The molecule has 2 atom stereocenters. The van der Waals surface area contributed by atoms with E-state index in [4.69, 9.17) is 11.6 Å². The van der Waals surface area contributed by atoms with Gasteiger partial charge >= 0.3 is 5.97 Å². The van der Waals surface area contributed by atoms with Crippen LogP contribution in [0.2, 0.25) is 5.02 Å². The number of carbonyl (C=O) groups is 1. The van der Waals surface area contributed by atoms with E-state index in [1.54, 1.807) is 0 Å². The number of nitro groups is 1. The van der Waals surface area contributed by atoms with Gasteiger partial charge in [-0.15, -0.1) is 0 Å². The predicted molar refractivity (Wildman–Crippen MR) is 100 cm³/mol. The Labute approximate surface area is 158 Å². The van der Waals surface area contributed by atoms with E-state index in [9.17, 15) is 14.9 Å². The van der Waals surface area contributed by atoms with Gasteiger partial charge in [0.1, 0.15) is 5.69 Å². The topological polar surface area (TPSA) is 75.9 Å². The highest BCUT2D eigenvalue weighted by Gasteiger charge is 2.39. The van der Waals surface area contributed by atoms with E-state index in [0.29, 0.717) is 23.8 Å². The second-order valence-electron chi connectivity index (χ2n) is 7.23. The average Bonchev–Trinajstić information content (AvgIpc) is 2.88. The van der Waals surface area contributed by atoms with Gasteiger partial charge in [0.25, 0.3) is 5.69 Å². The Morgan fingerprint density at radius 2 is 2.00 bits per heavy atom. The Bertz CT molecular complexity index is 725. The molecular formula is C18H24ClN3O4. The van der Waals surface area contributed by atoms with Crippen LogP contribution >= 0.6 is 11.6 Å². The lowest BCUT2D eigenvalue weighted by atomic mass is 10.1. The van der Waals surface area contributed by atoms with Crippen LogP contribution in [0, 0.1) is 10.1 Å². The number of ether oxygens (including phenoxy) is 1. The molecule has 2 bridgehead atoms. The number of hydrogen-bond donors (Lipinski definition) is 0. The molecule has 2 aliphatic heterocycles. The maximum atomic E-state index is 11.8. The lowest BCUT2D eigenvalue weighted by Crippen LogP contribution is -2.43. The molecule has 2 aliphatic rings. The van der Waals surface area contributed by atoms with Crippen molar-refractivity contribution < 1.29 is 14.5 Å². The number of fused-ring (bicyclic) bond motifs is 2. The maximum Gasteiger partial charge on any atom is 0.339 e. The van der Waals surface area contributed by atoms with Crippen LogP contribution in [0.3, 0.4) is 0 Å². The Kier molecular flexibility index (Phi) is 5.39. The van der Waals surface area contributed by atoms with E-state index in [-0.39, 0.29) is 16.3 Å². The number of anilines is 1. The summed E-state index contributed by atoms with van der Waals surface area (Å²) in [5.74, 6) is -0.675. The molecule has 2 saturated heterocycles. The Morgan fingerprint density at radius 1 is 1.31 bits per heavy atom. The summed E-state index contributed by atoms with van der Waals surface area (Å²) in [5.41, 5.74) is 0.386. The monoisotopic (exact) mass is 381 g/mol. The van der Waals surface area contributed by atoms with Crippen molar-refractivity contribution in [2.75, 3.05) is 25.1 Å². The van der Waals surface area contributed by atoms with Gasteiger partial charge in [-0.25, -0.2) is 4.79 Å². The molecule has 26 heavy (non-hydrogen) atoms. The summed E-state index contributed by atoms with van der Waals surface area (Å²) in [6.45, 7) is 5.86. The van der Waals surface area contributed by atoms with Crippen LogP contribution < -0.4 is 4.90 Å². The Morgan fingerprint density at radius 3 is 2.62 bits per heavy atom. The van der Waals surface area contributed by atoms with Crippen LogP contribution in [-0.4, -0.2) is 54.1 Å². The molecule has 1 aromatic rings. The summed E-state index contributed by atoms with van der Waals surface area (Å²) in [4.78, 5) is 27.6. The summed E-state index contributed by atoms with van der Waals surface area (Å²) in [6, 6.07) is 4.11. The van der Waals surface area contributed by atoms with E-state index in [2.05, 4.69) is 23.5 Å². The minimum atomic E-state index is -0.675. The highest BCUT2D eigenvalue weighted by molar-refractivity contribution is 6.34. The lowest BCUT2D eigenvalue weighted by Gasteiger charge is -2.32. The van der Waals surface area contributed by atoms with Crippen molar-refractivity contribution in [1.29, 1.82) is 0 Å². The van der Waals surface area contributed by atoms with Crippen LogP contribution in [0.1, 0.15) is 43.5 Å². The van der Waals surface area contributed by atoms with Crippen molar-refractivity contribution in [1.82, 2.24) is 4.90 Å². The summed E-state index contributed by atoms with van der Waals surface area (Å²) in [7, 11) is 1.23. The second kappa shape index (κ2) is 7.40. The number of nitrogens with zero attached hydrogens (tertiary/aromatic N) is 3. The Hall–Kier alpha value is -1.86. The second-order valence-corrected chi connectivity index (χ2v) is 7.64. The van der Waals surface area contributed by atoms with Crippen LogP contribution in [-0.2, 0) is 4.74 Å². The molecule has 2 fully saturated rings. The zero-order chi connectivity index (χ0) is 19.0. The molecule has 2 heterocycles. The van der Waals surface area contributed by atoms with Gasteiger partial charge in [-0.05, 0) is 39.2 Å². The van der Waals surface area contributed by atoms with Crippen molar-refractivity contribution in [3.63, 3.8) is 0 Å². The zero-order valence-corrected chi connectivity index (χ0v) is 16.0. The highest BCUT2D eigenvalue weighted by Crippen LogP contribution is 2.38. The summed E-state index contributed by atoms with van der Waals surface area (Å²) in [5, 5.41) is 11.8. The summed E-state index contributed by atoms with van der Waals surface area (Å²) < 4.78 is 4.67. The third-order valence-corrected chi connectivity index (χ3v) is 5.76. The number of esters is 1. The number of benzene rings is 1. The lowest BCUT2D eigenvalue weighted by molar-refractivity contribution is -0.384. The van der Waals surface area contributed by atoms with Crippen molar-refractivity contribution in [3.05, 3.63) is 32.8 Å². The van der Waals surface area contributed by atoms with Gasteiger partial charge in [0, 0.05) is 37.3 Å². The summed E-state index contributed by atoms with van der Waals surface area (Å²) >= 11 is 6.24. The minimum absolute atomic E-state index is 0.0183. The Balaban J connectivity index is 1.97. The quantitative estimate of drug-likeness (QED) is 0.451. The SMILES string of the molecule is COC(=O)c1cc([N+](=O)[O-])c(N2CCC3CCC(C2)N3C(C)C)cc1Cl. The number of hydrogen-bond acceptors (Lipinski definition) is 6. The van der Waals surface area contributed by atoms with Gasteiger partial charge in [-0.2, -0.15) is 0 Å². The zero-order valence-electron chi connectivity index (χ0n) is 15.3. The molecule has 3 rings (SSSR count). The van der Waals surface area contributed by atoms with Gasteiger partial charge in [-0.1, -0.05) is 11.6 Å². The first-order chi connectivity index (χ1) is 12.3. The first-order valence-corrected chi connectivity index (χ1v) is 9.30. The molecule has 0 aromatic heterocycles. The van der Waals surface area contributed by atoms with Gasteiger partial charge in [0.05, 0.1) is 22.6 Å². The van der Waals surface area contributed by atoms with Crippen LogP contribution in [0.4, 0.5) is 11.4 Å². The van der Waals surface area contributed by atoms with E-state index in [0.717, 1.165) is 25.9 Å². The average molecular weight is 382 g/mol. The normalized spacial score (nSPS) is 23.2. The fraction of sp³-hybridized carbons (Fsp3) is 0.611. The van der Waals surface area contributed by atoms with Gasteiger partial charge in [0.15, 0.2) is 0 Å². The standard InChI is InChI=1S/C18H24ClN3O4/c1-11(2)21-12-4-5-13(21)10-20(7-6-12)16-9-15(19)14(18(23)26-3)8-17(16)22(24)25/h8-9,11-13H,4-7,10H2,1-3H3.